The highest BCUT2D eigenvalue weighted by Gasteiger charge is 1.93. The number of rotatable bonds is 4. The fraction of sp³-hybridized carbons (Fsp3) is 0.667. The molecule has 6 nitrogen and oxygen atoms in total. The van der Waals surface area contributed by atoms with E-state index < -0.39 is 5.97 Å². The van der Waals surface area contributed by atoms with Gasteiger partial charge in [0.2, 0.25) is 0 Å². The molecule has 0 rings (SSSR count). The van der Waals surface area contributed by atoms with Crippen LogP contribution in [0.15, 0.2) is 0 Å². The zero-order chi connectivity index (χ0) is 7.11. The zero-order valence-electron chi connectivity index (χ0n) is 4.95. The van der Waals surface area contributed by atoms with Gasteiger partial charge in [-0.2, -0.15) is 0 Å². The minimum Gasteiger partial charge on any atom is -0.267 e. The Kier molecular flexibility index (Phi) is 5.03. The molecule has 0 aromatic rings. The van der Waals surface area contributed by atoms with Crippen LogP contribution in [0.5, 0.6) is 0 Å². The lowest BCUT2D eigenvalue weighted by Gasteiger charge is -1.94. The monoisotopic (exact) mass is 138 g/mol. The first kappa shape index (κ1) is 8.31. The van der Waals surface area contributed by atoms with Crippen LogP contribution in [-0.2, 0) is 29.7 Å². The molecule has 0 aliphatic carbocycles. The Morgan fingerprint density at radius 2 is 1.89 bits per heavy atom. The van der Waals surface area contributed by atoms with Gasteiger partial charge in [-0.05, 0) is 5.04 Å². The molecule has 0 radical (unpaired) electrons. The highest BCUT2D eigenvalue weighted by atomic mass is 17.8. The summed E-state index contributed by atoms with van der Waals surface area (Å²) >= 11 is 0. The predicted octanol–water partition coefficient (Wildman–Crippen LogP) is -0.0943. The molecular weight excluding hydrogens is 132 g/mol. The first-order valence-corrected chi connectivity index (χ1v) is 1.98. The van der Waals surface area contributed by atoms with Crippen LogP contribution >= 0.6 is 0 Å². The lowest BCUT2D eigenvalue weighted by Crippen LogP contribution is -2.01. The van der Waals surface area contributed by atoms with Gasteiger partial charge in [0, 0.05) is 17.0 Å². The summed E-state index contributed by atoms with van der Waals surface area (Å²) < 4.78 is 0. The smallest absolute Gasteiger partial charge is 0.267 e. The van der Waals surface area contributed by atoms with Crippen LogP contribution < -0.4 is 0 Å². The molecule has 0 saturated carbocycles. The van der Waals surface area contributed by atoms with Crippen molar-refractivity contribution in [3.05, 3.63) is 0 Å². The highest BCUT2D eigenvalue weighted by Crippen LogP contribution is 1.82. The second kappa shape index (κ2) is 5.45. The van der Waals surface area contributed by atoms with Gasteiger partial charge >= 0.3 is 5.97 Å². The molecule has 0 spiro atoms. The van der Waals surface area contributed by atoms with Gasteiger partial charge in [0.25, 0.3) is 0 Å². The maximum Gasteiger partial charge on any atom is 0.342 e. The van der Waals surface area contributed by atoms with Gasteiger partial charge < -0.3 is 0 Å². The van der Waals surface area contributed by atoms with Crippen molar-refractivity contribution in [2.45, 2.75) is 6.92 Å². The number of hydrogen-bond donors (Lipinski definition) is 0. The maximum absolute atomic E-state index is 9.88. The third-order valence-corrected chi connectivity index (χ3v) is 0.275. The topological polar surface area (TPSA) is 63.2 Å². The summed E-state index contributed by atoms with van der Waals surface area (Å²) in [5.41, 5.74) is 0. The average molecular weight is 138 g/mol. The van der Waals surface area contributed by atoms with E-state index in [4.69, 9.17) is 0 Å². The molecule has 9 heavy (non-hydrogen) atoms. The van der Waals surface area contributed by atoms with Crippen LogP contribution in [-0.4, -0.2) is 13.1 Å². The molecular formula is C3H6O6. The molecule has 6 heteroatoms. The van der Waals surface area contributed by atoms with Gasteiger partial charge in [-0.25, -0.2) is 9.68 Å². The van der Waals surface area contributed by atoms with Crippen molar-refractivity contribution in [1.82, 2.24) is 0 Å². The standard InChI is InChI=1S/C3H6O6/c1-3(4)6-8-9-7-5-2/h1-2H3. The first-order valence-electron chi connectivity index (χ1n) is 1.98. The Bertz CT molecular complexity index is 80.4. The minimum absolute atomic E-state index is 0.658. The van der Waals surface area contributed by atoms with Crippen LogP contribution in [0.4, 0.5) is 0 Å². The summed E-state index contributed by atoms with van der Waals surface area (Å²) in [5, 5.41) is 11.0. The van der Waals surface area contributed by atoms with E-state index >= 15 is 0 Å². The lowest BCUT2D eigenvalue weighted by molar-refractivity contribution is -0.694. The minimum atomic E-state index is -0.658. The molecule has 0 heterocycles. The van der Waals surface area contributed by atoms with E-state index in [1.165, 1.54) is 7.11 Å². The van der Waals surface area contributed by atoms with Gasteiger partial charge in [-0.15, -0.1) is 0 Å². The third-order valence-electron chi connectivity index (χ3n) is 0.275. The molecule has 0 amide bonds. The van der Waals surface area contributed by atoms with Crippen LogP contribution in [0.25, 0.3) is 0 Å². The van der Waals surface area contributed by atoms with Crippen molar-refractivity contribution in [1.29, 1.82) is 0 Å². The van der Waals surface area contributed by atoms with E-state index in [-0.39, 0.29) is 0 Å². The quantitative estimate of drug-likeness (QED) is 0.307. The highest BCUT2D eigenvalue weighted by molar-refractivity contribution is 5.65. The third kappa shape index (κ3) is 7.31. The zero-order valence-corrected chi connectivity index (χ0v) is 4.95. The Hall–Kier alpha value is -0.690. The van der Waals surface area contributed by atoms with Crippen molar-refractivity contribution < 1.29 is 29.7 Å². The molecule has 0 aromatic heterocycles. The fourth-order valence-corrected chi connectivity index (χ4v) is 0.101. The second-order valence-corrected chi connectivity index (χ2v) is 0.946. The Morgan fingerprint density at radius 3 is 2.33 bits per heavy atom. The summed E-state index contributed by atoms with van der Waals surface area (Å²) in [6, 6.07) is 0. The number of carbonyl (C=O) groups is 1. The van der Waals surface area contributed by atoms with Crippen molar-refractivity contribution in [3.8, 4) is 0 Å². The van der Waals surface area contributed by atoms with Crippen molar-refractivity contribution in [2.24, 2.45) is 0 Å². The van der Waals surface area contributed by atoms with Crippen molar-refractivity contribution in [3.63, 3.8) is 0 Å². The van der Waals surface area contributed by atoms with Gasteiger partial charge in [0.1, 0.15) is 0 Å². The SMILES string of the molecule is COOOOOC(C)=O. The van der Waals surface area contributed by atoms with E-state index in [1.54, 1.807) is 0 Å². The van der Waals surface area contributed by atoms with Gasteiger partial charge in [0.15, 0.2) is 0 Å². The largest absolute Gasteiger partial charge is 0.342 e. The molecule has 0 aromatic carbocycles. The van der Waals surface area contributed by atoms with E-state index in [1.807, 2.05) is 0 Å². The van der Waals surface area contributed by atoms with Gasteiger partial charge in [-0.1, -0.05) is 0 Å². The Morgan fingerprint density at radius 1 is 1.22 bits per heavy atom. The van der Waals surface area contributed by atoms with Crippen LogP contribution in [0, 0.1) is 0 Å². The normalized spacial score (nSPS) is 9.11. The number of hydrogen-bond acceptors (Lipinski definition) is 6. The van der Waals surface area contributed by atoms with Gasteiger partial charge in [-0.3, -0.25) is 4.89 Å². The molecule has 0 unspecified atom stereocenters. The lowest BCUT2D eigenvalue weighted by atomic mass is 10.9. The molecule has 0 fully saturated rings. The number of carbonyl (C=O) groups excluding carboxylic acids is 1. The molecule has 0 bridgehead atoms. The molecule has 0 N–H and O–H groups in total. The Balaban J connectivity index is 2.83. The maximum atomic E-state index is 9.88. The average Bonchev–Trinajstić information content (AvgIpc) is 1.80. The summed E-state index contributed by atoms with van der Waals surface area (Å²) in [4.78, 5) is 17.5. The van der Waals surface area contributed by atoms with Crippen molar-refractivity contribution >= 4 is 5.97 Å². The summed E-state index contributed by atoms with van der Waals surface area (Å²) in [6.45, 7) is 1.14. The van der Waals surface area contributed by atoms with Crippen LogP contribution in [0.2, 0.25) is 0 Å². The molecule has 0 aliphatic heterocycles. The van der Waals surface area contributed by atoms with E-state index in [0.29, 0.717) is 0 Å². The fourth-order valence-electron chi connectivity index (χ4n) is 0.101. The van der Waals surface area contributed by atoms with Gasteiger partial charge in [0.05, 0.1) is 7.11 Å². The van der Waals surface area contributed by atoms with Crippen LogP contribution in [0.3, 0.4) is 0 Å². The van der Waals surface area contributed by atoms with E-state index in [2.05, 4.69) is 24.9 Å². The summed E-state index contributed by atoms with van der Waals surface area (Å²) in [6.07, 6.45) is 0. The molecule has 0 atom stereocenters. The molecule has 0 aliphatic rings. The van der Waals surface area contributed by atoms with E-state index in [9.17, 15) is 4.79 Å². The molecule has 0 saturated heterocycles. The van der Waals surface area contributed by atoms with E-state index in [0.717, 1.165) is 6.92 Å². The predicted molar refractivity (Wildman–Crippen MR) is 22.0 cm³/mol. The second-order valence-electron chi connectivity index (χ2n) is 0.946. The van der Waals surface area contributed by atoms with Crippen LogP contribution in [0.1, 0.15) is 6.92 Å². The van der Waals surface area contributed by atoms with Crippen molar-refractivity contribution in [2.75, 3.05) is 7.11 Å². The first-order chi connectivity index (χ1) is 4.27. The molecule has 54 valence electrons. The Labute approximate surface area is 50.9 Å². The summed E-state index contributed by atoms with van der Waals surface area (Å²) in [5.74, 6) is -0.658. The summed E-state index contributed by atoms with van der Waals surface area (Å²) in [7, 11) is 1.19.